The topological polar surface area (TPSA) is 24.9 Å². The number of aromatic nitrogens is 1. The van der Waals surface area contributed by atoms with Crippen LogP contribution in [-0.4, -0.2) is 4.98 Å². The molecule has 0 aliphatic heterocycles. The van der Waals surface area contributed by atoms with E-state index in [2.05, 4.69) is 10.3 Å². The second kappa shape index (κ2) is 4.57. The zero-order valence-corrected chi connectivity index (χ0v) is 9.96. The van der Waals surface area contributed by atoms with E-state index in [1.165, 1.54) is 0 Å². The normalized spacial score (nSPS) is 17.3. The van der Waals surface area contributed by atoms with Gasteiger partial charge in [-0.1, -0.05) is 6.07 Å². The zero-order valence-electron chi connectivity index (χ0n) is 9.96. The predicted molar refractivity (Wildman–Crippen MR) is 65.2 cm³/mol. The highest BCUT2D eigenvalue weighted by atomic mass is 19.1. The summed E-state index contributed by atoms with van der Waals surface area (Å²) < 4.78 is 40.0. The molecule has 98 valence electrons. The Labute approximate surface area is 108 Å². The lowest BCUT2D eigenvalue weighted by atomic mass is 10.2. The van der Waals surface area contributed by atoms with Crippen molar-refractivity contribution in [1.29, 1.82) is 0 Å². The quantitative estimate of drug-likeness (QED) is 0.896. The zero-order chi connectivity index (χ0) is 13.4. The Bertz CT molecular complexity index is 605. The minimum Gasteiger partial charge on any atom is -0.372 e. The Morgan fingerprint density at radius 2 is 1.89 bits per heavy atom. The van der Waals surface area contributed by atoms with E-state index in [0.29, 0.717) is 18.6 Å². The van der Waals surface area contributed by atoms with Gasteiger partial charge in [0.05, 0.1) is 11.7 Å². The highest BCUT2D eigenvalue weighted by Crippen LogP contribution is 2.33. The molecule has 0 amide bonds. The number of aryl methyl sites for hydroxylation is 1. The number of pyridine rings is 1. The van der Waals surface area contributed by atoms with Crippen LogP contribution in [0.15, 0.2) is 30.5 Å². The molecular formula is C14H11F3N2. The van der Waals surface area contributed by atoms with Gasteiger partial charge in [-0.2, -0.15) is 0 Å². The van der Waals surface area contributed by atoms with Crippen molar-refractivity contribution in [2.75, 3.05) is 5.32 Å². The van der Waals surface area contributed by atoms with Crippen LogP contribution in [-0.2, 0) is 6.42 Å². The summed E-state index contributed by atoms with van der Waals surface area (Å²) in [6, 6.07) is 4.87. The van der Waals surface area contributed by atoms with E-state index >= 15 is 0 Å². The van der Waals surface area contributed by atoms with Gasteiger partial charge in [0.1, 0.15) is 11.5 Å². The second-order valence-corrected chi connectivity index (χ2v) is 4.53. The minimum absolute atomic E-state index is 0.245. The van der Waals surface area contributed by atoms with Crippen LogP contribution in [0.5, 0.6) is 0 Å². The van der Waals surface area contributed by atoms with Crippen LogP contribution in [0.25, 0.3) is 0 Å². The highest BCUT2D eigenvalue weighted by Gasteiger charge is 2.25. The largest absolute Gasteiger partial charge is 0.372 e. The molecule has 5 heteroatoms. The van der Waals surface area contributed by atoms with Gasteiger partial charge in [-0.3, -0.25) is 4.98 Å². The standard InChI is InChI=1S/C14H11F3N2/c15-9-6-10(16)14(11(17)7-9)19-12-4-3-8-2-1-5-18-13(8)12/h1-2,5-7,12,19H,3-4H2. The van der Waals surface area contributed by atoms with Crippen LogP contribution in [0.3, 0.4) is 0 Å². The average molecular weight is 264 g/mol. The van der Waals surface area contributed by atoms with Crippen LogP contribution in [0.4, 0.5) is 18.9 Å². The van der Waals surface area contributed by atoms with Gasteiger partial charge in [0, 0.05) is 18.3 Å². The van der Waals surface area contributed by atoms with Crippen molar-refractivity contribution in [3.05, 3.63) is 59.2 Å². The van der Waals surface area contributed by atoms with E-state index in [1.54, 1.807) is 6.20 Å². The molecular weight excluding hydrogens is 253 g/mol. The van der Waals surface area contributed by atoms with E-state index in [9.17, 15) is 13.2 Å². The molecule has 1 unspecified atom stereocenters. The average Bonchev–Trinajstić information content (AvgIpc) is 2.77. The predicted octanol–water partition coefficient (Wildman–Crippen LogP) is 3.60. The first-order valence-electron chi connectivity index (χ1n) is 6.00. The number of halogens is 3. The Morgan fingerprint density at radius 1 is 1.16 bits per heavy atom. The summed E-state index contributed by atoms with van der Waals surface area (Å²) in [7, 11) is 0. The summed E-state index contributed by atoms with van der Waals surface area (Å²) in [6.07, 6.45) is 3.17. The van der Waals surface area contributed by atoms with E-state index in [1.807, 2.05) is 12.1 Å². The van der Waals surface area contributed by atoms with Gasteiger partial charge in [-0.15, -0.1) is 0 Å². The first kappa shape index (κ1) is 12.0. The molecule has 0 bridgehead atoms. The fourth-order valence-electron chi connectivity index (χ4n) is 2.41. The third kappa shape index (κ3) is 2.16. The van der Waals surface area contributed by atoms with Gasteiger partial charge in [0.2, 0.25) is 0 Å². The molecule has 2 aromatic rings. The fourth-order valence-corrected chi connectivity index (χ4v) is 2.41. The first-order chi connectivity index (χ1) is 9.15. The molecule has 0 fully saturated rings. The van der Waals surface area contributed by atoms with Gasteiger partial charge in [0.15, 0.2) is 11.6 Å². The Morgan fingerprint density at radius 3 is 2.63 bits per heavy atom. The minimum atomic E-state index is -0.929. The van der Waals surface area contributed by atoms with Crippen molar-refractivity contribution < 1.29 is 13.2 Å². The summed E-state index contributed by atoms with van der Waals surface area (Å²) >= 11 is 0. The van der Waals surface area contributed by atoms with Crippen molar-refractivity contribution in [1.82, 2.24) is 4.98 Å². The van der Waals surface area contributed by atoms with Gasteiger partial charge in [0.25, 0.3) is 0 Å². The maximum absolute atomic E-state index is 13.6. The number of rotatable bonds is 2. The molecule has 0 saturated carbocycles. The monoisotopic (exact) mass is 264 g/mol. The fraction of sp³-hybridized carbons (Fsp3) is 0.214. The molecule has 3 rings (SSSR count). The van der Waals surface area contributed by atoms with Crippen LogP contribution in [0.2, 0.25) is 0 Å². The molecule has 1 aliphatic carbocycles. The second-order valence-electron chi connectivity index (χ2n) is 4.53. The van der Waals surface area contributed by atoms with Crippen LogP contribution < -0.4 is 5.32 Å². The number of nitrogens with one attached hydrogen (secondary N) is 1. The Kier molecular flexibility index (Phi) is 2.89. The van der Waals surface area contributed by atoms with Gasteiger partial charge in [-0.25, -0.2) is 13.2 Å². The lowest BCUT2D eigenvalue weighted by Crippen LogP contribution is -2.11. The molecule has 0 saturated heterocycles. The molecule has 1 aliphatic rings. The molecule has 1 aromatic heterocycles. The van der Waals surface area contributed by atoms with Gasteiger partial charge in [-0.05, 0) is 24.5 Å². The van der Waals surface area contributed by atoms with Gasteiger partial charge < -0.3 is 5.32 Å². The third-order valence-corrected chi connectivity index (χ3v) is 3.28. The van der Waals surface area contributed by atoms with E-state index < -0.39 is 17.5 Å². The first-order valence-corrected chi connectivity index (χ1v) is 6.00. The van der Waals surface area contributed by atoms with E-state index in [0.717, 1.165) is 17.7 Å². The smallest absolute Gasteiger partial charge is 0.152 e. The summed E-state index contributed by atoms with van der Waals surface area (Å²) in [5.74, 6) is -2.78. The Hall–Kier alpha value is -2.04. The van der Waals surface area contributed by atoms with Gasteiger partial charge >= 0.3 is 0 Å². The molecule has 1 atom stereocenters. The van der Waals surface area contributed by atoms with E-state index in [-0.39, 0.29) is 11.7 Å². The van der Waals surface area contributed by atoms with Crippen molar-refractivity contribution in [2.24, 2.45) is 0 Å². The molecule has 19 heavy (non-hydrogen) atoms. The van der Waals surface area contributed by atoms with Crippen LogP contribution in [0, 0.1) is 17.5 Å². The molecule has 2 nitrogen and oxygen atoms in total. The number of hydrogen-bond donors (Lipinski definition) is 1. The van der Waals surface area contributed by atoms with Crippen molar-refractivity contribution in [2.45, 2.75) is 18.9 Å². The summed E-state index contributed by atoms with van der Waals surface area (Å²) in [5.41, 5.74) is 1.57. The number of anilines is 1. The number of nitrogens with zero attached hydrogens (tertiary/aromatic N) is 1. The number of fused-ring (bicyclic) bond motifs is 1. The van der Waals surface area contributed by atoms with Crippen molar-refractivity contribution in [3.8, 4) is 0 Å². The molecule has 1 aromatic carbocycles. The SMILES string of the molecule is Fc1cc(F)c(NC2CCc3cccnc32)c(F)c1. The summed E-state index contributed by atoms with van der Waals surface area (Å²) in [4.78, 5) is 4.23. The summed E-state index contributed by atoms with van der Waals surface area (Å²) in [5, 5.41) is 2.78. The maximum Gasteiger partial charge on any atom is 0.152 e. The Balaban J connectivity index is 1.92. The number of benzene rings is 1. The molecule has 1 heterocycles. The van der Waals surface area contributed by atoms with Crippen LogP contribution in [0.1, 0.15) is 23.7 Å². The van der Waals surface area contributed by atoms with Crippen molar-refractivity contribution >= 4 is 5.69 Å². The highest BCUT2D eigenvalue weighted by molar-refractivity contribution is 5.49. The van der Waals surface area contributed by atoms with Crippen LogP contribution >= 0.6 is 0 Å². The lowest BCUT2D eigenvalue weighted by molar-refractivity contribution is 0.543. The number of hydrogen-bond acceptors (Lipinski definition) is 2. The molecule has 1 N–H and O–H groups in total. The third-order valence-electron chi connectivity index (χ3n) is 3.28. The van der Waals surface area contributed by atoms with E-state index in [4.69, 9.17) is 0 Å². The summed E-state index contributed by atoms with van der Waals surface area (Å²) in [6.45, 7) is 0. The maximum atomic E-state index is 13.6. The van der Waals surface area contributed by atoms with Crippen molar-refractivity contribution in [3.63, 3.8) is 0 Å². The molecule has 0 radical (unpaired) electrons. The molecule has 0 spiro atoms. The lowest BCUT2D eigenvalue weighted by Gasteiger charge is -2.15.